The fourth-order valence-electron chi connectivity index (χ4n) is 4.21. The van der Waals surface area contributed by atoms with Gasteiger partial charge in [0.05, 0.1) is 0 Å². The van der Waals surface area contributed by atoms with Crippen LogP contribution in [0.1, 0.15) is 50.3 Å². The van der Waals surface area contributed by atoms with Gasteiger partial charge in [0.1, 0.15) is 6.10 Å². The highest BCUT2D eigenvalue weighted by molar-refractivity contribution is 6.30. The number of amides is 1. The lowest BCUT2D eigenvalue weighted by atomic mass is 10.0. The number of carbonyl (C=O) groups is 1. The molecule has 2 aromatic carbocycles. The molecule has 0 saturated carbocycles. The largest absolute Gasteiger partial charge is 0.369 e. The maximum absolute atomic E-state index is 12.5. The molecule has 0 spiro atoms. The van der Waals surface area contributed by atoms with Crippen molar-refractivity contribution in [1.82, 2.24) is 9.80 Å². The summed E-state index contributed by atoms with van der Waals surface area (Å²) < 4.78 is 6.33. The lowest BCUT2D eigenvalue weighted by Crippen LogP contribution is -2.50. The van der Waals surface area contributed by atoms with Crippen LogP contribution in [0.4, 0.5) is 0 Å². The molecule has 32 heavy (non-hydrogen) atoms. The van der Waals surface area contributed by atoms with E-state index in [0.29, 0.717) is 22.6 Å². The Bertz CT molecular complexity index is 788. The van der Waals surface area contributed by atoms with Gasteiger partial charge in [-0.25, -0.2) is 0 Å². The summed E-state index contributed by atoms with van der Waals surface area (Å²) in [5, 5.41) is 1.43. The minimum absolute atomic E-state index is 0.137. The summed E-state index contributed by atoms with van der Waals surface area (Å²) in [5.74, 6) is 0.446. The molecule has 0 aromatic heterocycles. The lowest BCUT2D eigenvalue weighted by molar-refractivity contribution is -0.137. The first-order valence-corrected chi connectivity index (χ1v) is 12.4. The van der Waals surface area contributed by atoms with Crippen LogP contribution in [-0.4, -0.2) is 55.0 Å². The van der Waals surface area contributed by atoms with Crippen LogP contribution in [0.3, 0.4) is 0 Å². The summed E-state index contributed by atoms with van der Waals surface area (Å²) >= 11 is 12.1. The average Bonchev–Trinajstić information content (AvgIpc) is 2.81. The molecule has 1 fully saturated rings. The second-order valence-corrected chi connectivity index (χ2v) is 9.44. The van der Waals surface area contributed by atoms with E-state index in [9.17, 15) is 4.79 Å². The predicted molar refractivity (Wildman–Crippen MR) is 132 cm³/mol. The standard InChI is InChI=1S/C26H34Cl2N2O2/c1-3-5-20(2)26(31)30-17-15-29(16-18-30)14-4-19-32-25(21-6-10-23(27)11-7-21)22-8-12-24(28)13-9-22/h6-13,20,25H,3-5,14-19H2,1-2H3/t20-/m1/s1. The number of ether oxygens (including phenoxy) is 1. The van der Waals surface area contributed by atoms with Crippen LogP contribution in [0.2, 0.25) is 10.0 Å². The fraction of sp³-hybridized carbons (Fsp3) is 0.500. The van der Waals surface area contributed by atoms with Gasteiger partial charge in [0, 0.05) is 55.3 Å². The number of rotatable bonds is 10. The van der Waals surface area contributed by atoms with Gasteiger partial charge < -0.3 is 9.64 Å². The molecule has 1 aliphatic rings. The molecule has 0 radical (unpaired) electrons. The second kappa shape index (κ2) is 12.6. The van der Waals surface area contributed by atoms with Crippen LogP contribution in [-0.2, 0) is 9.53 Å². The van der Waals surface area contributed by atoms with Crippen LogP contribution in [0.5, 0.6) is 0 Å². The number of hydrogen-bond donors (Lipinski definition) is 0. The zero-order chi connectivity index (χ0) is 22.9. The van der Waals surface area contributed by atoms with Crippen molar-refractivity contribution in [3.05, 3.63) is 69.7 Å². The van der Waals surface area contributed by atoms with Crippen molar-refractivity contribution in [1.29, 1.82) is 0 Å². The molecule has 0 N–H and O–H groups in total. The number of nitrogens with zero attached hydrogens (tertiary/aromatic N) is 2. The smallest absolute Gasteiger partial charge is 0.225 e. The third-order valence-electron chi connectivity index (χ3n) is 6.08. The first kappa shape index (κ1) is 25.0. The van der Waals surface area contributed by atoms with Crippen molar-refractivity contribution in [3.63, 3.8) is 0 Å². The maximum atomic E-state index is 12.5. The van der Waals surface area contributed by atoms with E-state index >= 15 is 0 Å². The Hall–Kier alpha value is -1.59. The average molecular weight is 477 g/mol. The lowest BCUT2D eigenvalue weighted by Gasteiger charge is -2.36. The minimum atomic E-state index is -0.154. The van der Waals surface area contributed by atoms with Gasteiger partial charge in [0.2, 0.25) is 5.91 Å². The maximum Gasteiger partial charge on any atom is 0.225 e. The summed E-state index contributed by atoms with van der Waals surface area (Å²) in [4.78, 5) is 17.0. The van der Waals surface area contributed by atoms with Gasteiger partial charge in [-0.2, -0.15) is 0 Å². The molecule has 174 valence electrons. The Morgan fingerprint density at radius 2 is 1.47 bits per heavy atom. The Kier molecular flexibility index (Phi) is 9.86. The van der Waals surface area contributed by atoms with Gasteiger partial charge in [-0.3, -0.25) is 9.69 Å². The van der Waals surface area contributed by atoms with Crippen molar-refractivity contribution in [3.8, 4) is 0 Å². The van der Waals surface area contributed by atoms with Crippen molar-refractivity contribution in [2.75, 3.05) is 39.3 Å². The molecular weight excluding hydrogens is 443 g/mol. The third-order valence-corrected chi connectivity index (χ3v) is 6.58. The number of hydrogen-bond acceptors (Lipinski definition) is 3. The molecule has 0 aliphatic carbocycles. The zero-order valence-corrected chi connectivity index (χ0v) is 20.6. The van der Waals surface area contributed by atoms with Gasteiger partial charge in [0.25, 0.3) is 0 Å². The molecule has 4 nitrogen and oxygen atoms in total. The van der Waals surface area contributed by atoms with E-state index in [4.69, 9.17) is 27.9 Å². The number of benzene rings is 2. The van der Waals surface area contributed by atoms with E-state index in [1.807, 2.05) is 60.4 Å². The molecular formula is C26H34Cl2N2O2. The Morgan fingerprint density at radius 1 is 0.938 bits per heavy atom. The summed E-state index contributed by atoms with van der Waals surface area (Å²) in [5.41, 5.74) is 2.15. The van der Waals surface area contributed by atoms with Crippen molar-refractivity contribution >= 4 is 29.1 Å². The molecule has 1 saturated heterocycles. The zero-order valence-electron chi connectivity index (χ0n) is 19.1. The van der Waals surface area contributed by atoms with Gasteiger partial charge >= 0.3 is 0 Å². The van der Waals surface area contributed by atoms with E-state index in [1.54, 1.807) is 0 Å². The fourth-order valence-corrected chi connectivity index (χ4v) is 4.46. The summed E-state index contributed by atoms with van der Waals surface area (Å²) in [6.07, 6.45) is 2.82. The van der Waals surface area contributed by atoms with Gasteiger partial charge in [-0.15, -0.1) is 0 Å². The van der Waals surface area contributed by atoms with Gasteiger partial charge in [0.15, 0.2) is 0 Å². The number of halogens is 2. The van der Waals surface area contributed by atoms with Gasteiger partial charge in [-0.05, 0) is 48.2 Å². The normalized spacial score (nSPS) is 15.8. The van der Waals surface area contributed by atoms with Crippen LogP contribution < -0.4 is 0 Å². The second-order valence-electron chi connectivity index (χ2n) is 8.56. The van der Waals surface area contributed by atoms with E-state index in [2.05, 4.69) is 11.8 Å². The molecule has 1 heterocycles. The summed E-state index contributed by atoms with van der Waals surface area (Å²) in [6, 6.07) is 15.6. The summed E-state index contributed by atoms with van der Waals surface area (Å²) in [6.45, 7) is 9.33. The molecule has 1 aliphatic heterocycles. The van der Waals surface area contributed by atoms with E-state index < -0.39 is 0 Å². The number of piperazine rings is 1. The topological polar surface area (TPSA) is 32.8 Å². The third kappa shape index (κ3) is 7.21. The number of carbonyl (C=O) groups excluding carboxylic acids is 1. The quantitative estimate of drug-likeness (QED) is 0.390. The van der Waals surface area contributed by atoms with Crippen LogP contribution >= 0.6 is 23.2 Å². The highest BCUT2D eigenvalue weighted by Crippen LogP contribution is 2.28. The highest BCUT2D eigenvalue weighted by atomic mass is 35.5. The van der Waals surface area contributed by atoms with Crippen molar-refractivity contribution in [2.24, 2.45) is 5.92 Å². The van der Waals surface area contributed by atoms with Crippen molar-refractivity contribution in [2.45, 2.75) is 39.2 Å². The van der Waals surface area contributed by atoms with E-state index in [0.717, 1.165) is 63.1 Å². The minimum Gasteiger partial charge on any atom is -0.369 e. The Balaban J connectivity index is 1.48. The molecule has 1 amide bonds. The van der Waals surface area contributed by atoms with Gasteiger partial charge in [-0.1, -0.05) is 67.7 Å². The summed E-state index contributed by atoms with van der Waals surface area (Å²) in [7, 11) is 0. The molecule has 0 unspecified atom stereocenters. The van der Waals surface area contributed by atoms with Crippen LogP contribution in [0, 0.1) is 5.92 Å². The van der Waals surface area contributed by atoms with E-state index in [1.165, 1.54) is 0 Å². The first-order valence-electron chi connectivity index (χ1n) is 11.6. The highest BCUT2D eigenvalue weighted by Gasteiger charge is 2.24. The van der Waals surface area contributed by atoms with Crippen LogP contribution in [0.25, 0.3) is 0 Å². The molecule has 2 aromatic rings. The Labute approximate surface area is 202 Å². The van der Waals surface area contributed by atoms with Crippen molar-refractivity contribution < 1.29 is 9.53 Å². The van der Waals surface area contributed by atoms with E-state index in [-0.39, 0.29) is 12.0 Å². The molecule has 6 heteroatoms. The first-order chi connectivity index (χ1) is 15.5. The SMILES string of the molecule is CCC[C@@H](C)C(=O)N1CCN(CCCOC(c2ccc(Cl)cc2)c2ccc(Cl)cc2)CC1. The monoisotopic (exact) mass is 476 g/mol. The van der Waals surface area contributed by atoms with Crippen LogP contribution in [0.15, 0.2) is 48.5 Å². The molecule has 0 bridgehead atoms. The predicted octanol–water partition coefficient (Wildman–Crippen LogP) is 6.07. The Morgan fingerprint density at radius 3 is 1.97 bits per heavy atom. The molecule has 3 rings (SSSR count). The molecule has 1 atom stereocenters.